The fourth-order valence-electron chi connectivity index (χ4n) is 1.13. The molecule has 0 saturated carbocycles. The third kappa shape index (κ3) is 3.32. The summed E-state index contributed by atoms with van der Waals surface area (Å²) in [5, 5.41) is 11.9. The van der Waals surface area contributed by atoms with E-state index >= 15 is 0 Å². The molecule has 1 heterocycles. The Bertz CT molecular complexity index is 321. The summed E-state index contributed by atoms with van der Waals surface area (Å²) in [6.07, 6.45) is 1.70. The average Bonchev–Trinajstić information content (AvgIpc) is 2.21. The Labute approximate surface area is 97.7 Å². The normalized spacial score (nSPS) is 10.1. The molecule has 84 valence electrons. The minimum atomic E-state index is 0.101. The summed E-state index contributed by atoms with van der Waals surface area (Å²) in [5.74, 6) is 1.37. The van der Waals surface area contributed by atoms with E-state index in [9.17, 15) is 0 Å². The molecule has 1 rings (SSSR count). The van der Waals surface area contributed by atoms with E-state index in [-0.39, 0.29) is 6.61 Å². The fraction of sp³-hybridized carbons (Fsp3) is 0.556. The number of nitrogens with zero attached hydrogens (tertiary/aromatic N) is 3. The van der Waals surface area contributed by atoms with E-state index in [1.807, 2.05) is 18.9 Å². The summed E-state index contributed by atoms with van der Waals surface area (Å²) in [6.45, 7) is 3.41. The van der Waals surface area contributed by atoms with Gasteiger partial charge in [-0.05, 0) is 22.9 Å². The van der Waals surface area contributed by atoms with Crippen molar-refractivity contribution in [2.24, 2.45) is 0 Å². The highest BCUT2D eigenvalue weighted by Crippen LogP contribution is 2.22. The van der Waals surface area contributed by atoms with Gasteiger partial charge in [-0.1, -0.05) is 0 Å². The summed E-state index contributed by atoms with van der Waals surface area (Å²) < 4.78 is 0.820. The molecule has 15 heavy (non-hydrogen) atoms. The van der Waals surface area contributed by atoms with Crippen LogP contribution >= 0.6 is 15.9 Å². The lowest BCUT2D eigenvalue weighted by atomic mass is 10.5. The van der Waals surface area contributed by atoms with Crippen molar-refractivity contribution in [3.05, 3.63) is 10.7 Å². The van der Waals surface area contributed by atoms with E-state index in [1.54, 1.807) is 6.20 Å². The minimum Gasteiger partial charge on any atom is -0.395 e. The van der Waals surface area contributed by atoms with Gasteiger partial charge in [0.25, 0.3) is 0 Å². The summed E-state index contributed by atoms with van der Waals surface area (Å²) in [6, 6.07) is 0. The van der Waals surface area contributed by atoms with Gasteiger partial charge < -0.3 is 15.3 Å². The quantitative estimate of drug-likeness (QED) is 0.842. The third-order valence-electron chi connectivity index (χ3n) is 1.86. The number of aromatic nitrogens is 2. The maximum atomic E-state index is 8.85. The van der Waals surface area contributed by atoms with E-state index in [0.29, 0.717) is 12.5 Å². The summed E-state index contributed by atoms with van der Waals surface area (Å²) in [4.78, 5) is 10.3. The number of aliphatic hydroxyl groups excluding tert-OH is 1. The second-order valence-corrected chi connectivity index (χ2v) is 3.89. The lowest BCUT2D eigenvalue weighted by Gasteiger charge is -2.18. The zero-order chi connectivity index (χ0) is 11.3. The molecule has 0 amide bonds. The molecule has 2 N–H and O–H groups in total. The molecular weight excluding hydrogens is 260 g/mol. The van der Waals surface area contributed by atoms with Crippen LogP contribution in [0.15, 0.2) is 10.7 Å². The van der Waals surface area contributed by atoms with Gasteiger partial charge in [-0.25, -0.2) is 4.98 Å². The van der Waals surface area contributed by atoms with Crippen LogP contribution in [-0.2, 0) is 0 Å². The molecule has 1 aromatic heterocycles. The molecule has 0 aliphatic carbocycles. The second kappa shape index (κ2) is 5.87. The predicted molar refractivity (Wildman–Crippen MR) is 64.3 cm³/mol. The van der Waals surface area contributed by atoms with Crippen molar-refractivity contribution < 1.29 is 5.11 Å². The summed E-state index contributed by atoms with van der Waals surface area (Å²) in [7, 11) is 1.87. The monoisotopic (exact) mass is 274 g/mol. The molecule has 5 nitrogen and oxygen atoms in total. The molecule has 0 unspecified atom stereocenters. The molecule has 0 aliphatic rings. The van der Waals surface area contributed by atoms with Crippen LogP contribution in [0.2, 0.25) is 0 Å². The standard InChI is InChI=1S/C9H15BrN4O/c1-3-11-9-12-6-7(10)8(13-9)14(2)4-5-15/h6,15H,3-5H2,1-2H3,(H,11,12,13). The van der Waals surface area contributed by atoms with Gasteiger partial charge in [0, 0.05) is 26.3 Å². The van der Waals surface area contributed by atoms with Gasteiger partial charge in [0.05, 0.1) is 11.1 Å². The van der Waals surface area contributed by atoms with Gasteiger partial charge in [0.2, 0.25) is 5.95 Å². The van der Waals surface area contributed by atoms with Crippen LogP contribution in [-0.4, -0.2) is 41.8 Å². The van der Waals surface area contributed by atoms with Gasteiger partial charge in [0.15, 0.2) is 0 Å². The van der Waals surface area contributed by atoms with Crippen molar-refractivity contribution in [1.82, 2.24) is 9.97 Å². The van der Waals surface area contributed by atoms with Crippen molar-refractivity contribution in [1.29, 1.82) is 0 Å². The van der Waals surface area contributed by atoms with E-state index in [0.717, 1.165) is 16.8 Å². The van der Waals surface area contributed by atoms with Gasteiger partial charge in [0.1, 0.15) is 5.82 Å². The first-order chi connectivity index (χ1) is 7.19. The van der Waals surface area contributed by atoms with Gasteiger partial charge >= 0.3 is 0 Å². The highest BCUT2D eigenvalue weighted by atomic mass is 79.9. The maximum absolute atomic E-state index is 8.85. The fourth-order valence-corrected chi connectivity index (χ4v) is 1.62. The number of hydrogen-bond donors (Lipinski definition) is 2. The summed E-state index contributed by atoms with van der Waals surface area (Å²) >= 11 is 3.38. The first-order valence-corrected chi connectivity index (χ1v) is 5.56. The number of halogens is 1. The molecular formula is C9H15BrN4O. The van der Waals surface area contributed by atoms with E-state index in [1.165, 1.54) is 0 Å². The molecule has 0 bridgehead atoms. The van der Waals surface area contributed by atoms with Crippen LogP contribution in [0.25, 0.3) is 0 Å². The van der Waals surface area contributed by atoms with Crippen molar-refractivity contribution >= 4 is 27.7 Å². The van der Waals surface area contributed by atoms with Crippen molar-refractivity contribution in [3.8, 4) is 0 Å². The number of likely N-dealkylation sites (N-methyl/N-ethyl adjacent to an activating group) is 1. The van der Waals surface area contributed by atoms with Crippen molar-refractivity contribution in [2.45, 2.75) is 6.92 Å². The zero-order valence-electron chi connectivity index (χ0n) is 8.87. The first kappa shape index (κ1) is 12.2. The smallest absolute Gasteiger partial charge is 0.224 e. The molecule has 0 aromatic carbocycles. The summed E-state index contributed by atoms with van der Waals surface area (Å²) in [5.41, 5.74) is 0. The topological polar surface area (TPSA) is 61.3 Å². The SMILES string of the molecule is CCNc1ncc(Br)c(N(C)CCO)n1. The number of nitrogens with one attached hydrogen (secondary N) is 1. The van der Waals surface area contributed by atoms with E-state index in [2.05, 4.69) is 31.2 Å². The van der Waals surface area contributed by atoms with Gasteiger partial charge in [-0.2, -0.15) is 4.98 Å². The Morgan fingerprint density at radius 2 is 2.33 bits per heavy atom. The van der Waals surface area contributed by atoms with Crippen molar-refractivity contribution in [3.63, 3.8) is 0 Å². The Kier molecular flexibility index (Phi) is 4.77. The number of rotatable bonds is 5. The number of aliphatic hydroxyl groups is 1. The van der Waals surface area contributed by atoms with Crippen LogP contribution in [0, 0.1) is 0 Å². The molecule has 6 heteroatoms. The van der Waals surface area contributed by atoms with Gasteiger partial charge in [-0.3, -0.25) is 0 Å². The lowest BCUT2D eigenvalue weighted by Crippen LogP contribution is -2.23. The predicted octanol–water partition coefficient (Wildman–Crippen LogP) is 1.10. The molecule has 0 radical (unpaired) electrons. The van der Waals surface area contributed by atoms with E-state index < -0.39 is 0 Å². The highest BCUT2D eigenvalue weighted by molar-refractivity contribution is 9.10. The second-order valence-electron chi connectivity index (χ2n) is 3.04. The first-order valence-electron chi connectivity index (χ1n) is 4.77. The Morgan fingerprint density at radius 3 is 2.93 bits per heavy atom. The molecule has 0 fully saturated rings. The highest BCUT2D eigenvalue weighted by Gasteiger charge is 2.08. The van der Waals surface area contributed by atoms with Crippen LogP contribution in [0.1, 0.15) is 6.92 Å². The van der Waals surface area contributed by atoms with Crippen LogP contribution in [0.3, 0.4) is 0 Å². The Balaban J connectivity index is 2.89. The average molecular weight is 275 g/mol. The molecule has 0 spiro atoms. The number of anilines is 2. The molecule has 0 atom stereocenters. The van der Waals surface area contributed by atoms with E-state index in [4.69, 9.17) is 5.11 Å². The molecule has 0 saturated heterocycles. The molecule has 0 aliphatic heterocycles. The lowest BCUT2D eigenvalue weighted by molar-refractivity contribution is 0.304. The maximum Gasteiger partial charge on any atom is 0.224 e. The Hall–Kier alpha value is -0.880. The van der Waals surface area contributed by atoms with Crippen molar-refractivity contribution in [2.75, 3.05) is 37.0 Å². The zero-order valence-corrected chi connectivity index (χ0v) is 10.5. The Morgan fingerprint density at radius 1 is 1.60 bits per heavy atom. The molecule has 1 aromatic rings. The van der Waals surface area contributed by atoms with Crippen LogP contribution < -0.4 is 10.2 Å². The largest absolute Gasteiger partial charge is 0.395 e. The number of hydrogen-bond acceptors (Lipinski definition) is 5. The van der Waals surface area contributed by atoms with Gasteiger partial charge in [-0.15, -0.1) is 0 Å². The minimum absolute atomic E-state index is 0.101. The van der Waals surface area contributed by atoms with Crippen LogP contribution in [0.4, 0.5) is 11.8 Å². The van der Waals surface area contributed by atoms with Crippen LogP contribution in [0.5, 0.6) is 0 Å². The third-order valence-corrected chi connectivity index (χ3v) is 2.42.